The van der Waals surface area contributed by atoms with Gasteiger partial charge in [-0.3, -0.25) is 9.59 Å². The molecule has 102 valence electrons. The molecule has 0 bridgehead atoms. The lowest BCUT2D eigenvalue weighted by Gasteiger charge is -2.07. The predicted molar refractivity (Wildman–Crippen MR) is 77.2 cm³/mol. The Morgan fingerprint density at radius 2 is 2.11 bits per heavy atom. The van der Waals surface area contributed by atoms with Crippen LogP contribution in [0.1, 0.15) is 6.92 Å². The van der Waals surface area contributed by atoms with Gasteiger partial charge in [-0.25, -0.2) is 0 Å². The van der Waals surface area contributed by atoms with Crippen LogP contribution in [-0.2, 0) is 11.3 Å². The van der Waals surface area contributed by atoms with Gasteiger partial charge in [0.05, 0.1) is 0 Å². The van der Waals surface area contributed by atoms with Crippen LogP contribution in [-0.4, -0.2) is 30.1 Å². The van der Waals surface area contributed by atoms with Crippen molar-refractivity contribution in [2.24, 2.45) is 0 Å². The molecule has 1 rings (SSSR count). The minimum absolute atomic E-state index is 0. The minimum atomic E-state index is -0.185. The van der Waals surface area contributed by atoms with E-state index in [0.29, 0.717) is 6.54 Å². The van der Waals surface area contributed by atoms with Crippen molar-refractivity contribution in [1.82, 2.24) is 15.2 Å². The number of carbonyl (C=O) groups excluding carboxylic acids is 1. The van der Waals surface area contributed by atoms with E-state index in [1.807, 2.05) is 6.92 Å². The molecule has 5 nitrogen and oxygen atoms in total. The van der Waals surface area contributed by atoms with Crippen LogP contribution < -0.4 is 16.2 Å². The molecule has 1 aromatic heterocycles. The zero-order valence-corrected chi connectivity index (χ0v) is 12.5. The van der Waals surface area contributed by atoms with Gasteiger partial charge in [-0.2, -0.15) is 0 Å². The highest BCUT2D eigenvalue weighted by atomic mass is 79.9. The predicted octanol–water partition coefficient (Wildman–Crippen LogP) is 0.758. The lowest BCUT2D eigenvalue weighted by molar-refractivity contribution is -0.121. The maximum absolute atomic E-state index is 11.5. The second-order valence-electron chi connectivity index (χ2n) is 3.52. The van der Waals surface area contributed by atoms with Crippen molar-refractivity contribution in [1.29, 1.82) is 0 Å². The second kappa shape index (κ2) is 9.13. The van der Waals surface area contributed by atoms with Crippen LogP contribution >= 0.6 is 28.3 Å². The van der Waals surface area contributed by atoms with Gasteiger partial charge in [0.15, 0.2) is 0 Å². The van der Waals surface area contributed by atoms with Gasteiger partial charge < -0.3 is 15.2 Å². The summed E-state index contributed by atoms with van der Waals surface area (Å²) in [6.07, 6.45) is 1.60. The van der Waals surface area contributed by atoms with Crippen LogP contribution in [0.15, 0.2) is 27.6 Å². The molecule has 0 aliphatic carbocycles. The summed E-state index contributed by atoms with van der Waals surface area (Å²) in [6.45, 7) is 4.22. The van der Waals surface area contributed by atoms with Gasteiger partial charge in [0, 0.05) is 29.8 Å². The minimum Gasteiger partial charge on any atom is -0.353 e. The topological polar surface area (TPSA) is 63.1 Å². The van der Waals surface area contributed by atoms with Crippen molar-refractivity contribution in [2.75, 3.05) is 19.6 Å². The molecule has 0 aromatic carbocycles. The number of pyridine rings is 1. The van der Waals surface area contributed by atoms with Crippen molar-refractivity contribution in [2.45, 2.75) is 13.5 Å². The molecule has 0 radical (unpaired) electrons. The van der Waals surface area contributed by atoms with Crippen LogP contribution in [0.25, 0.3) is 0 Å². The largest absolute Gasteiger partial charge is 0.353 e. The average molecular weight is 339 g/mol. The number of aromatic nitrogens is 1. The first kappa shape index (κ1) is 17.2. The molecule has 1 aromatic rings. The second-order valence-corrected chi connectivity index (χ2v) is 4.43. The number of hydrogen-bond donors (Lipinski definition) is 2. The third-order valence-electron chi connectivity index (χ3n) is 2.14. The summed E-state index contributed by atoms with van der Waals surface area (Å²) in [6, 6.07) is 3.08. The highest BCUT2D eigenvalue weighted by Crippen LogP contribution is 2.04. The number of amides is 1. The standard InChI is InChI=1S/C11H16BrN3O2.ClH/c1-2-13-5-6-14-10(16)8-15-7-9(12)3-4-11(15)17;/h3-4,7,13H,2,5-6,8H2,1H3,(H,14,16);1H. The first-order valence-electron chi connectivity index (χ1n) is 5.47. The molecule has 18 heavy (non-hydrogen) atoms. The zero-order chi connectivity index (χ0) is 12.7. The number of likely N-dealkylation sites (N-methyl/N-ethyl adjacent to an activating group) is 1. The molecular weight excluding hydrogens is 321 g/mol. The Morgan fingerprint density at radius 1 is 1.39 bits per heavy atom. The fraction of sp³-hybridized carbons (Fsp3) is 0.455. The maximum atomic E-state index is 11.5. The van der Waals surface area contributed by atoms with E-state index < -0.39 is 0 Å². The SMILES string of the molecule is CCNCCNC(=O)Cn1cc(Br)ccc1=O.Cl. The van der Waals surface area contributed by atoms with E-state index in [1.54, 1.807) is 12.3 Å². The summed E-state index contributed by atoms with van der Waals surface area (Å²) in [4.78, 5) is 23.0. The highest BCUT2D eigenvalue weighted by Gasteiger charge is 2.03. The Bertz CT molecular complexity index is 437. The van der Waals surface area contributed by atoms with Crippen LogP contribution in [0.4, 0.5) is 0 Å². The Balaban J connectivity index is 0.00000289. The molecule has 0 unspecified atom stereocenters. The monoisotopic (exact) mass is 337 g/mol. The molecule has 0 aliphatic heterocycles. The number of hydrogen-bond acceptors (Lipinski definition) is 3. The van der Waals surface area contributed by atoms with E-state index in [1.165, 1.54) is 10.6 Å². The molecule has 2 N–H and O–H groups in total. The van der Waals surface area contributed by atoms with Crippen LogP contribution in [0.2, 0.25) is 0 Å². The average Bonchev–Trinajstić information content (AvgIpc) is 2.29. The normalized spacial score (nSPS) is 9.67. The quantitative estimate of drug-likeness (QED) is 0.753. The number of rotatable bonds is 6. The summed E-state index contributed by atoms with van der Waals surface area (Å²) < 4.78 is 2.14. The van der Waals surface area contributed by atoms with Gasteiger partial charge in [0.2, 0.25) is 5.91 Å². The number of nitrogens with zero attached hydrogens (tertiary/aromatic N) is 1. The summed E-state index contributed by atoms with van der Waals surface area (Å²) in [7, 11) is 0. The molecule has 1 amide bonds. The number of nitrogens with one attached hydrogen (secondary N) is 2. The lowest BCUT2D eigenvalue weighted by atomic mass is 10.4. The van der Waals surface area contributed by atoms with Gasteiger partial charge in [0.25, 0.3) is 5.56 Å². The van der Waals surface area contributed by atoms with Crippen LogP contribution in [0, 0.1) is 0 Å². The van der Waals surface area contributed by atoms with E-state index >= 15 is 0 Å². The van der Waals surface area contributed by atoms with E-state index in [4.69, 9.17) is 0 Å². The van der Waals surface area contributed by atoms with E-state index in [9.17, 15) is 9.59 Å². The Hall–Kier alpha value is -0.850. The molecule has 0 fully saturated rings. The fourth-order valence-electron chi connectivity index (χ4n) is 1.30. The molecule has 0 spiro atoms. The molecule has 0 atom stereocenters. The summed E-state index contributed by atoms with van der Waals surface area (Å²) >= 11 is 3.26. The van der Waals surface area contributed by atoms with Crippen molar-refractivity contribution in [3.8, 4) is 0 Å². The molecule has 7 heteroatoms. The van der Waals surface area contributed by atoms with Gasteiger partial charge in [-0.15, -0.1) is 12.4 Å². The van der Waals surface area contributed by atoms with E-state index in [2.05, 4.69) is 26.6 Å². The molecule has 0 saturated heterocycles. The van der Waals surface area contributed by atoms with Crippen molar-refractivity contribution in [3.63, 3.8) is 0 Å². The Labute approximate surface area is 120 Å². The Kier molecular flexibility index (Phi) is 8.70. The van der Waals surface area contributed by atoms with Gasteiger partial charge in [-0.05, 0) is 28.5 Å². The number of carbonyl (C=O) groups is 1. The summed E-state index contributed by atoms with van der Waals surface area (Å²) in [5.41, 5.74) is -0.185. The van der Waals surface area contributed by atoms with Crippen molar-refractivity contribution < 1.29 is 4.79 Å². The van der Waals surface area contributed by atoms with Crippen molar-refractivity contribution in [3.05, 3.63) is 33.2 Å². The maximum Gasteiger partial charge on any atom is 0.251 e. The zero-order valence-electron chi connectivity index (χ0n) is 10.1. The Morgan fingerprint density at radius 3 is 2.78 bits per heavy atom. The molecule has 1 heterocycles. The van der Waals surface area contributed by atoms with Crippen LogP contribution in [0.3, 0.4) is 0 Å². The first-order valence-corrected chi connectivity index (χ1v) is 6.26. The van der Waals surface area contributed by atoms with E-state index in [-0.39, 0.29) is 30.4 Å². The van der Waals surface area contributed by atoms with Gasteiger partial charge >= 0.3 is 0 Å². The van der Waals surface area contributed by atoms with Gasteiger partial charge in [0.1, 0.15) is 6.54 Å². The molecule has 0 saturated carbocycles. The smallest absolute Gasteiger partial charge is 0.251 e. The third-order valence-corrected chi connectivity index (χ3v) is 2.60. The highest BCUT2D eigenvalue weighted by molar-refractivity contribution is 9.10. The fourth-order valence-corrected chi connectivity index (χ4v) is 1.68. The van der Waals surface area contributed by atoms with Crippen molar-refractivity contribution >= 4 is 34.2 Å². The molecule has 0 aliphatic rings. The van der Waals surface area contributed by atoms with Gasteiger partial charge in [-0.1, -0.05) is 6.92 Å². The summed E-state index contributed by atoms with van der Waals surface area (Å²) in [5.74, 6) is -0.164. The van der Waals surface area contributed by atoms with E-state index in [0.717, 1.165) is 17.6 Å². The summed E-state index contributed by atoms with van der Waals surface area (Å²) in [5, 5.41) is 5.83. The first-order chi connectivity index (χ1) is 8.13. The van der Waals surface area contributed by atoms with Crippen LogP contribution in [0.5, 0.6) is 0 Å². The lowest BCUT2D eigenvalue weighted by Crippen LogP contribution is -2.35. The third kappa shape index (κ3) is 6.18. The molecular formula is C11H17BrClN3O2. The number of halogens is 2.